The fourth-order valence-electron chi connectivity index (χ4n) is 4.08. The van der Waals surface area contributed by atoms with E-state index in [4.69, 9.17) is 16.3 Å². The van der Waals surface area contributed by atoms with Crippen LogP contribution in [-0.2, 0) is 4.79 Å². The van der Waals surface area contributed by atoms with E-state index in [0.29, 0.717) is 24.4 Å². The predicted octanol–water partition coefficient (Wildman–Crippen LogP) is 5.01. The van der Waals surface area contributed by atoms with Gasteiger partial charge in [0.15, 0.2) is 11.6 Å². The highest BCUT2D eigenvalue weighted by Gasteiger charge is 2.28. The first-order chi connectivity index (χ1) is 16.5. The molecule has 0 aliphatic carbocycles. The quantitative estimate of drug-likeness (QED) is 0.487. The topological polar surface area (TPSA) is 54.5 Å². The van der Waals surface area contributed by atoms with Gasteiger partial charge in [-0.05, 0) is 67.9 Å². The third-order valence-electron chi connectivity index (χ3n) is 5.99. The number of rotatable bonds is 8. The van der Waals surface area contributed by atoms with E-state index in [2.05, 4.69) is 15.2 Å². The molecule has 1 saturated heterocycles. The van der Waals surface area contributed by atoms with Crippen molar-refractivity contribution in [2.45, 2.75) is 18.9 Å². The van der Waals surface area contributed by atoms with Crippen LogP contribution in [0.1, 0.15) is 30.1 Å². The van der Waals surface area contributed by atoms with Crippen LogP contribution in [0.5, 0.6) is 5.75 Å². The molecule has 1 amide bonds. The highest BCUT2D eigenvalue weighted by molar-refractivity contribution is 6.30. The zero-order chi connectivity index (χ0) is 23.9. The average Bonchev–Trinajstić information content (AvgIpc) is 2.86. The van der Waals surface area contributed by atoms with Gasteiger partial charge in [-0.2, -0.15) is 0 Å². The Balaban J connectivity index is 1.30. The van der Waals surface area contributed by atoms with Crippen molar-refractivity contribution in [1.29, 1.82) is 0 Å². The molecule has 4 rings (SSSR count). The summed E-state index contributed by atoms with van der Waals surface area (Å²) in [6, 6.07) is 15.8. The van der Waals surface area contributed by atoms with Gasteiger partial charge in [0, 0.05) is 29.7 Å². The van der Waals surface area contributed by atoms with Crippen LogP contribution in [0.2, 0.25) is 5.02 Å². The number of ether oxygens (including phenoxy) is 1. The smallest absolute Gasteiger partial charge is 0.224 e. The van der Waals surface area contributed by atoms with Gasteiger partial charge in [0.1, 0.15) is 12.4 Å². The molecule has 0 saturated carbocycles. The molecular weight excluding hydrogens is 460 g/mol. The van der Waals surface area contributed by atoms with Crippen molar-refractivity contribution < 1.29 is 18.3 Å². The molecule has 2 aromatic carbocycles. The molecule has 0 radical (unpaired) electrons. The van der Waals surface area contributed by atoms with Crippen molar-refractivity contribution >= 4 is 17.5 Å². The van der Waals surface area contributed by atoms with Crippen molar-refractivity contribution in [2.75, 3.05) is 26.2 Å². The van der Waals surface area contributed by atoms with E-state index in [9.17, 15) is 13.6 Å². The summed E-state index contributed by atoms with van der Waals surface area (Å²) in [4.78, 5) is 19.7. The van der Waals surface area contributed by atoms with Crippen molar-refractivity contribution in [3.05, 3.63) is 94.8 Å². The third-order valence-corrected chi connectivity index (χ3v) is 6.24. The number of likely N-dealkylation sites (tertiary alicyclic amines) is 1. The predicted molar refractivity (Wildman–Crippen MR) is 127 cm³/mol. The SMILES string of the molecule is O=C(N[C@@H](c1ccc(Cl)cc1)c1ccccn1)C1CCN(CCOc2cc(F)ccc2F)CC1. The molecule has 178 valence electrons. The van der Waals surface area contributed by atoms with Gasteiger partial charge in [-0.1, -0.05) is 29.8 Å². The maximum atomic E-state index is 13.7. The van der Waals surface area contributed by atoms with Gasteiger partial charge < -0.3 is 10.1 Å². The molecule has 0 bridgehead atoms. The molecule has 1 N–H and O–H groups in total. The van der Waals surface area contributed by atoms with Crippen LogP contribution in [0, 0.1) is 17.6 Å². The maximum absolute atomic E-state index is 13.7. The molecule has 1 aliphatic rings. The minimum absolute atomic E-state index is 0.0108. The molecule has 3 aromatic rings. The van der Waals surface area contributed by atoms with Gasteiger partial charge in [-0.3, -0.25) is 14.7 Å². The van der Waals surface area contributed by atoms with E-state index in [-0.39, 0.29) is 30.2 Å². The summed E-state index contributed by atoms with van der Waals surface area (Å²) in [5.74, 6) is -1.33. The van der Waals surface area contributed by atoms with Crippen LogP contribution in [0.3, 0.4) is 0 Å². The summed E-state index contributed by atoms with van der Waals surface area (Å²) >= 11 is 6.04. The summed E-state index contributed by atoms with van der Waals surface area (Å²) in [5.41, 5.74) is 1.67. The summed E-state index contributed by atoms with van der Waals surface area (Å²) in [6.07, 6.45) is 3.12. The lowest BCUT2D eigenvalue weighted by Crippen LogP contribution is -2.43. The number of carbonyl (C=O) groups is 1. The monoisotopic (exact) mass is 485 g/mol. The first-order valence-corrected chi connectivity index (χ1v) is 11.6. The zero-order valence-corrected chi connectivity index (χ0v) is 19.3. The second kappa shape index (κ2) is 11.4. The van der Waals surface area contributed by atoms with Crippen molar-refractivity contribution in [3.8, 4) is 5.75 Å². The van der Waals surface area contributed by atoms with Crippen LogP contribution >= 0.6 is 11.6 Å². The van der Waals surface area contributed by atoms with Crippen LogP contribution < -0.4 is 10.1 Å². The summed E-state index contributed by atoms with van der Waals surface area (Å²) in [5, 5.41) is 3.80. The summed E-state index contributed by atoms with van der Waals surface area (Å²) in [6.45, 7) is 2.27. The highest BCUT2D eigenvalue weighted by Crippen LogP contribution is 2.25. The Morgan fingerprint density at radius 1 is 1.12 bits per heavy atom. The molecule has 0 unspecified atom stereocenters. The number of benzene rings is 2. The number of halogens is 3. The molecule has 8 heteroatoms. The van der Waals surface area contributed by atoms with Gasteiger partial charge in [-0.15, -0.1) is 0 Å². The Hall–Kier alpha value is -3.03. The minimum Gasteiger partial charge on any atom is -0.489 e. The fourth-order valence-corrected chi connectivity index (χ4v) is 4.21. The standard InChI is InChI=1S/C26H26ClF2N3O2/c27-20-6-4-18(5-7-20)25(23-3-1-2-12-30-23)31-26(33)19-10-13-32(14-11-19)15-16-34-24-17-21(28)8-9-22(24)29/h1-9,12,17,19,25H,10-11,13-16H2,(H,31,33)/t25-/m0/s1. The van der Waals surface area contributed by atoms with E-state index in [1.54, 1.807) is 18.3 Å². The number of nitrogens with zero attached hydrogens (tertiary/aromatic N) is 2. The van der Waals surface area contributed by atoms with Gasteiger partial charge in [-0.25, -0.2) is 8.78 Å². The van der Waals surface area contributed by atoms with E-state index in [1.807, 2.05) is 30.3 Å². The van der Waals surface area contributed by atoms with Crippen molar-refractivity contribution in [1.82, 2.24) is 15.2 Å². The fraction of sp³-hybridized carbons (Fsp3) is 0.308. The van der Waals surface area contributed by atoms with Crippen molar-refractivity contribution in [3.63, 3.8) is 0 Å². The number of amides is 1. The van der Waals surface area contributed by atoms with E-state index in [0.717, 1.165) is 42.5 Å². The number of pyridine rings is 1. The number of piperidine rings is 1. The number of carbonyl (C=O) groups excluding carboxylic acids is 1. The Kier molecular flexibility index (Phi) is 8.08. The minimum atomic E-state index is -0.583. The Bertz CT molecular complexity index is 1090. The lowest BCUT2D eigenvalue weighted by atomic mass is 9.94. The Morgan fingerprint density at radius 2 is 1.88 bits per heavy atom. The number of aromatic nitrogens is 1. The van der Waals surface area contributed by atoms with E-state index in [1.165, 1.54) is 0 Å². The molecule has 2 heterocycles. The number of hydrogen-bond donors (Lipinski definition) is 1. The van der Waals surface area contributed by atoms with E-state index >= 15 is 0 Å². The van der Waals surface area contributed by atoms with Gasteiger partial charge in [0.05, 0.1) is 11.7 Å². The first-order valence-electron chi connectivity index (χ1n) is 11.3. The largest absolute Gasteiger partial charge is 0.489 e. The Morgan fingerprint density at radius 3 is 2.59 bits per heavy atom. The lowest BCUT2D eigenvalue weighted by molar-refractivity contribution is -0.127. The van der Waals surface area contributed by atoms with Gasteiger partial charge in [0.25, 0.3) is 0 Å². The molecule has 0 spiro atoms. The summed E-state index contributed by atoms with van der Waals surface area (Å²) < 4.78 is 32.4. The zero-order valence-electron chi connectivity index (χ0n) is 18.6. The molecule has 1 fully saturated rings. The Labute approximate surface area is 202 Å². The molecule has 1 aliphatic heterocycles. The number of hydrogen-bond acceptors (Lipinski definition) is 4. The normalized spacial score (nSPS) is 15.6. The maximum Gasteiger partial charge on any atom is 0.224 e. The second-order valence-electron chi connectivity index (χ2n) is 8.29. The van der Waals surface area contributed by atoms with Crippen LogP contribution in [0.15, 0.2) is 66.9 Å². The van der Waals surface area contributed by atoms with Crippen LogP contribution in [0.25, 0.3) is 0 Å². The molecule has 34 heavy (non-hydrogen) atoms. The molecule has 1 atom stereocenters. The molecular formula is C26H26ClF2N3O2. The number of nitrogens with one attached hydrogen (secondary N) is 1. The average molecular weight is 486 g/mol. The van der Waals surface area contributed by atoms with Crippen molar-refractivity contribution in [2.24, 2.45) is 5.92 Å². The van der Waals surface area contributed by atoms with Gasteiger partial charge in [0.2, 0.25) is 5.91 Å². The van der Waals surface area contributed by atoms with Gasteiger partial charge >= 0.3 is 0 Å². The third kappa shape index (κ3) is 6.30. The summed E-state index contributed by atoms with van der Waals surface area (Å²) in [7, 11) is 0. The van der Waals surface area contributed by atoms with Crippen LogP contribution in [-0.4, -0.2) is 42.0 Å². The second-order valence-corrected chi connectivity index (χ2v) is 8.72. The molecule has 5 nitrogen and oxygen atoms in total. The van der Waals surface area contributed by atoms with Crippen LogP contribution in [0.4, 0.5) is 8.78 Å². The first kappa shape index (κ1) is 24.1. The lowest BCUT2D eigenvalue weighted by Gasteiger charge is -2.32. The van der Waals surface area contributed by atoms with E-state index < -0.39 is 11.6 Å². The highest BCUT2D eigenvalue weighted by atomic mass is 35.5. The molecule has 1 aromatic heterocycles.